The number of nitrogens with one attached hydrogen (secondary N) is 2. The summed E-state index contributed by atoms with van der Waals surface area (Å²) in [6.07, 6.45) is -1.85. The van der Waals surface area contributed by atoms with Crippen LogP contribution in [0.1, 0.15) is 15.9 Å². The second kappa shape index (κ2) is 10.4. The van der Waals surface area contributed by atoms with Crippen LogP contribution >= 0.6 is 0 Å². The Kier molecular flexibility index (Phi) is 5.70. The molecule has 6 rings (SSSR count). The highest BCUT2D eigenvalue weighted by molar-refractivity contribution is 5.86. The molecule has 4 N–H and O–H groups in total. The van der Waals surface area contributed by atoms with Gasteiger partial charge in [-0.05, 0) is 16.8 Å². The number of hydrogen-bond donors (Lipinski definition) is 4. The van der Waals surface area contributed by atoms with E-state index in [9.17, 15) is 15.0 Å². The molecule has 1 aliphatic rings. The quantitative estimate of drug-likeness (QED) is 0.215. The van der Waals surface area contributed by atoms with Gasteiger partial charge in [0.1, 0.15) is 12.2 Å². The third kappa shape index (κ3) is 4.61. The van der Waals surface area contributed by atoms with Gasteiger partial charge in [-0.25, -0.2) is 15.0 Å². The molecule has 0 bridgehead atoms. The Labute approximate surface area is 231 Å². The maximum Gasteiger partial charge on any atom is 0.251 e. The molecule has 0 saturated carbocycles. The molecule has 4 atom stereocenters. The molecule has 1 fully saturated rings. The molecule has 15 nitrogen and oxygen atoms in total. The standard InChI is InChI=1S/C25H25N11O4/c1-26-24(39)19-17(37)18(38)25(40-19)36-12-29-16-22(28-9-13-6-4-3-5-7-13)30-20(31-23(16)36)14-8-15(11-27-10-14)21-32-34-35(2)33-21/h3-8,10-12,17-19,25,37-38H,9H2,1-2H3,(H,26,39)(H,28,30,31)/t17-,18+,19-,25+/m0/s1/i1D3. The molecule has 1 saturated heterocycles. The minimum atomic E-state index is -2.81. The Morgan fingerprint density at radius 3 is 2.67 bits per heavy atom. The molecule has 0 radical (unpaired) electrons. The van der Waals surface area contributed by atoms with E-state index in [2.05, 4.69) is 35.7 Å². The Balaban J connectivity index is 1.41. The van der Waals surface area contributed by atoms with Crippen LogP contribution in [0.25, 0.3) is 33.9 Å². The highest BCUT2D eigenvalue weighted by Crippen LogP contribution is 2.34. The number of rotatable bonds is 7. The summed E-state index contributed by atoms with van der Waals surface area (Å²) in [6.45, 7) is -2.41. The second-order valence-electron chi connectivity index (χ2n) is 9.04. The maximum atomic E-state index is 12.5. The Hall–Kier alpha value is -4.86. The molecule has 1 aliphatic heterocycles. The lowest BCUT2D eigenvalue weighted by Crippen LogP contribution is -2.41. The average Bonchev–Trinajstić information content (AvgIpc) is 3.69. The van der Waals surface area contributed by atoms with Crippen molar-refractivity contribution in [2.24, 2.45) is 7.05 Å². The van der Waals surface area contributed by atoms with Crippen LogP contribution in [0.15, 0.2) is 55.1 Å². The van der Waals surface area contributed by atoms with Gasteiger partial charge in [0.2, 0.25) is 5.82 Å². The van der Waals surface area contributed by atoms with E-state index in [0.29, 0.717) is 34.8 Å². The number of anilines is 1. The zero-order valence-electron chi connectivity index (χ0n) is 23.9. The van der Waals surface area contributed by atoms with Crippen molar-refractivity contribution in [1.82, 2.24) is 50.0 Å². The summed E-state index contributed by atoms with van der Waals surface area (Å²) in [5, 5.41) is 38.6. The fraction of sp³-hybridized carbons (Fsp3) is 0.280. The lowest BCUT2D eigenvalue weighted by molar-refractivity contribution is -0.137. The van der Waals surface area contributed by atoms with Crippen LogP contribution in [0, 0.1) is 0 Å². The van der Waals surface area contributed by atoms with Crippen LogP contribution in [0.4, 0.5) is 5.82 Å². The van der Waals surface area contributed by atoms with Gasteiger partial charge < -0.3 is 25.6 Å². The number of carbonyl (C=O) groups excluding carboxylic acids is 1. The van der Waals surface area contributed by atoms with Crippen molar-refractivity contribution in [2.45, 2.75) is 31.1 Å². The number of imidazole rings is 1. The fourth-order valence-electron chi connectivity index (χ4n) is 4.40. The van der Waals surface area contributed by atoms with Crippen LogP contribution in [0.3, 0.4) is 0 Å². The number of aryl methyl sites for hydroxylation is 1. The summed E-state index contributed by atoms with van der Waals surface area (Å²) < 4.78 is 28.9. The van der Waals surface area contributed by atoms with Crippen molar-refractivity contribution in [3.8, 4) is 22.8 Å². The van der Waals surface area contributed by atoms with Crippen molar-refractivity contribution in [1.29, 1.82) is 0 Å². The van der Waals surface area contributed by atoms with E-state index in [1.165, 1.54) is 15.7 Å². The molecule has 5 aromatic rings. The molecule has 4 aromatic heterocycles. The first-order chi connectivity index (χ1) is 20.6. The maximum absolute atomic E-state index is 12.5. The smallest absolute Gasteiger partial charge is 0.251 e. The Morgan fingerprint density at radius 1 is 1.12 bits per heavy atom. The van der Waals surface area contributed by atoms with Crippen molar-refractivity contribution in [3.05, 3.63) is 60.7 Å². The zero-order chi connectivity index (χ0) is 30.3. The van der Waals surface area contributed by atoms with Gasteiger partial charge in [0.25, 0.3) is 5.91 Å². The SMILES string of the molecule is [2H]C([2H])([2H])NC(=O)[C@H]1O[C@@H](n2cnc3c(NCc4ccccc4)nc(-c4cncc(-c5nnn(C)n5)c4)nc32)[C@H](O)[C@@H]1O. The van der Waals surface area contributed by atoms with E-state index in [-0.39, 0.29) is 11.5 Å². The van der Waals surface area contributed by atoms with Crippen LogP contribution in [0.2, 0.25) is 0 Å². The van der Waals surface area contributed by atoms with Gasteiger partial charge in [0.15, 0.2) is 35.1 Å². The monoisotopic (exact) mass is 546 g/mol. The average molecular weight is 547 g/mol. The minimum absolute atomic E-state index is 0.205. The van der Waals surface area contributed by atoms with Crippen molar-refractivity contribution in [3.63, 3.8) is 0 Å². The number of likely N-dealkylation sites (N-methyl/N-ethyl adjacent to an activating group) is 1. The van der Waals surface area contributed by atoms with Crippen LogP contribution < -0.4 is 10.6 Å². The number of pyridine rings is 1. The summed E-state index contributed by atoms with van der Waals surface area (Å²) in [6, 6.07) is 11.4. The summed E-state index contributed by atoms with van der Waals surface area (Å²) >= 11 is 0. The van der Waals surface area contributed by atoms with Crippen LogP contribution in [0.5, 0.6) is 0 Å². The van der Waals surface area contributed by atoms with E-state index < -0.39 is 37.4 Å². The van der Waals surface area contributed by atoms with Gasteiger partial charge in [0, 0.05) is 41.2 Å². The number of aromatic nitrogens is 9. The number of aliphatic hydroxyl groups is 2. The molecular formula is C25H25N11O4. The predicted molar refractivity (Wildman–Crippen MR) is 140 cm³/mol. The number of amides is 1. The van der Waals surface area contributed by atoms with Gasteiger partial charge in [-0.3, -0.25) is 14.3 Å². The van der Waals surface area contributed by atoms with Crippen molar-refractivity contribution in [2.75, 3.05) is 12.3 Å². The highest BCUT2D eigenvalue weighted by Gasteiger charge is 2.47. The molecule has 0 unspecified atom stereocenters. The minimum Gasteiger partial charge on any atom is -0.387 e. The molecule has 5 heterocycles. The first-order valence-electron chi connectivity index (χ1n) is 13.6. The molecule has 204 valence electrons. The van der Waals surface area contributed by atoms with Gasteiger partial charge in [0.05, 0.1) is 13.4 Å². The van der Waals surface area contributed by atoms with E-state index in [1.807, 2.05) is 30.3 Å². The zero-order valence-corrected chi connectivity index (χ0v) is 20.9. The van der Waals surface area contributed by atoms with Gasteiger partial charge in [-0.1, -0.05) is 30.3 Å². The number of tetrazole rings is 1. The van der Waals surface area contributed by atoms with Crippen molar-refractivity contribution < 1.29 is 23.9 Å². The first-order valence-corrected chi connectivity index (χ1v) is 12.1. The van der Waals surface area contributed by atoms with Gasteiger partial charge in [-0.2, -0.15) is 4.80 Å². The summed E-state index contributed by atoms with van der Waals surface area (Å²) in [5.74, 6) is -0.161. The number of ether oxygens (including phenoxy) is 1. The predicted octanol–water partition coefficient (Wildman–Crippen LogP) is 0.0561. The summed E-state index contributed by atoms with van der Waals surface area (Å²) in [5.41, 5.74) is 2.58. The van der Waals surface area contributed by atoms with Crippen molar-refractivity contribution >= 4 is 22.9 Å². The summed E-state index contributed by atoms with van der Waals surface area (Å²) in [7, 11) is 1.64. The van der Waals surface area contributed by atoms with Gasteiger partial charge >= 0.3 is 0 Å². The van der Waals surface area contributed by atoms with E-state index in [1.54, 1.807) is 30.8 Å². The van der Waals surface area contributed by atoms with Crippen LogP contribution in [-0.4, -0.2) is 86.1 Å². The third-order valence-electron chi connectivity index (χ3n) is 6.38. The lowest BCUT2D eigenvalue weighted by Gasteiger charge is -2.17. The molecule has 40 heavy (non-hydrogen) atoms. The lowest BCUT2D eigenvalue weighted by atomic mass is 10.1. The molecule has 0 spiro atoms. The Morgan fingerprint density at radius 2 is 1.93 bits per heavy atom. The molecule has 1 amide bonds. The normalized spacial score (nSPS) is 22.0. The highest BCUT2D eigenvalue weighted by atomic mass is 16.6. The third-order valence-corrected chi connectivity index (χ3v) is 6.38. The first kappa shape index (κ1) is 22.0. The topological polar surface area (TPSA) is 191 Å². The molecule has 15 heteroatoms. The number of carbonyl (C=O) groups is 1. The number of aliphatic hydroxyl groups excluding tert-OH is 2. The van der Waals surface area contributed by atoms with E-state index in [0.717, 1.165) is 5.56 Å². The second-order valence-corrected chi connectivity index (χ2v) is 9.04. The molecule has 0 aliphatic carbocycles. The number of hydrogen-bond acceptors (Lipinski definition) is 12. The van der Waals surface area contributed by atoms with E-state index >= 15 is 0 Å². The molecule has 1 aromatic carbocycles. The largest absolute Gasteiger partial charge is 0.387 e. The molecular weight excluding hydrogens is 518 g/mol. The van der Waals surface area contributed by atoms with Gasteiger partial charge in [-0.15, -0.1) is 10.2 Å². The number of nitrogens with zero attached hydrogens (tertiary/aromatic N) is 9. The fourth-order valence-corrected chi connectivity index (χ4v) is 4.40. The van der Waals surface area contributed by atoms with E-state index in [4.69, 9.17) is 13.8 Å². The number of benzene rings is 1. The summed E-state index contributed by atoms with van der Waals surface area (Å²) in [4.78, 5) is 31.9. The number of fused-ring (bicyclic) bond motifs is 1. The Bertz CT molecular complexity index is 1780. The van der Waals surface area contributed by atoms with Crippen LogP contribution in [-0.2, 0) is 23.1 Å².